The van der Waals surface area contributed by atoms with E-state index in [1.54, 1.807) is 20.8 Å². The SMILES string of the molecule is [2H]C([2H])([2H])n1cc(CC(NC(=O)OC(C)(C)C)C(=O)OC)cn1. The molecule has 1 rings (SSSR count). The minimum absolute atomic E-state index is 0.0298. The quantitative estimate of drug-likeness (QED) is 0.836. The number of esters is 1. The Morgan fingerprint density at radius 1 is 1.55 bits per heavy atom. The van der Waals surface area contributed by atoms with Crippen LogP contribution < -0.4 is 5.32 Å². The van der Waals surface area contributed by atoms with Crippen molar-refractivity contribution in [3.63, 3.8) is 0 Å². The lowest BCUT2D eigenvalue weighted by Crippen LogP contribution is -2.45. The summed E-state index contributed by atoms with van der Waals surface area (Å²) in [6.07, 6.45) is 1.87. The molecule has 0 aromatic carbocycles. The third-order valence-corrected chi connectivity index (χ3v) is 2.25. The highest BCUT2D eigenvalue weighted by atomic mass is 16.6. The maximum atomic E-state index is 11.8. The van der Waals surface area contributed by atoms with E-state index in [-0.39, 0.29) is 6.42 Å². The minimum atomic E-state index is -2.41. The Labute approximate surface area is 122 Å². The van der Waals surface area contributed by atoms with E-state index in [9.17, 15) is 9.59 Å². The minimum Gasteiger partial charge on any atom is -0.467 e. The lowest BCUT2D eigenvalue weighted by molar-refractivity contribution is -0.143. The van der Waals surface area contributed by atoms with Gasteiger partial charge < -0.3 is 14.8 Å². The summed E-state index contributed by atoms with van der Waals surface area (Å²) in [5.41, 5.74) is -0.246. The number of nitrogens with one attached hydrogen (secondary N) is 1. The molecule has 7 heteroatoms. The summed E-state index contributed by atoms with van der Waals surface area (Å²) in [6, 6.07) is -1.01. The van der Waals surface area contributed by atoms with Gasteiger partial charge >= 0.3 is 12.1 Å². The molecule has 0 saturated carbocycles. The van der Waals surface area contributed by atoms with Gasteiger partial charge in [-0.25, -0.2) is 9.59 Å². The van der Waals surface area contributed by atoms with Gasteiger partial charge in [0.2, 0.25) is 0 Å². The number of rotatable bonds is 4. The normalized spacial score (nSPS) is 15.5. The number of methoxy groups -OCH3 is 1. The van der Waals surface area contributed by atoms with Crippen molar-refractivity contribution >= 4 is 12.1 Å². The van der Waals surface area contributed by atoms with E-state index in [2.05, 4.69) is 15.2 Å². The Bertz CT molecular complexity index is 564. The van der Waals surface area contributed by atoms with Gasteiger partial charge in [-0.2, -0.15) is 5.10 Å². The summed E-state index contributed by atoms with van der Waals surface area (Å²) in [5, 5.41) is 6.13. The van der Waals surface area contributed by atoms with Gasteiger partial charge in [0.05, 0.1) is 13.3 Å². The maximum Gasteiger partial charge on any atom is 0.408 e. The van der Waals surface area contributed by atoms with Crippen molar-refractivity contribution in [2.45, 2.75) is 38.8 Å². The van der Waals surface area contributed by atoms with E-state index in [0.717, 1.165) is 4.68 Å². The highest BCUT2D eigenvalue weighted by molar-refractivity contribution is 5.81. The first-order valence-electron chi connectivity index (χ1n) is 7.54. The predicted octanol–water partition coefficient (Wildman–Crippen LogP) is 1.03. The van der Waals surface area contributed by atoms with E-state index in [1.807, 2.05) is 0 Å². The second-order valence-electron chi connectivity index (χ2n) is 5.22. The topological polar surface area (TPSA) is 82.5 Å². The number of carbonyl (C=O) groups is 2. The predicted molar refractivity (Wildman–Crippen MR) is 72.1 cm³/mol. The molecule has 1 heterocycles. The van der Waals surface area contributed by atoms with Gasteiger partial charge in [0.1, 0.15) is 11.6 Å². The van der Waals surface area contributed by atoms with Crippen LogP contribution in [-0.2, 0) is 27.7 Å². The maximum absolute atomic E-state index is 11.8. The Balaban J connectivity index is 2.81. The average Bonchev–Trinajstić information content (AvgIpc) is 2.83. The number of aromatic nitrogens is 2. The fourth-order valence-electron chi connectivity index (χ4n) is 1.49. The van der Waals surface area contributed by atoms with Crippen LogP contribution in [-0.4, -0.2) is 40.6 Å². The molecule has 0 aliphatic carbocycles. The van der Waals surface area contributed by atoms with Crippen LogP contribution in [0.15, 0.2) is 12.4 Å². The lowest BCUT2D eigenvalue weighted by atomic mass is 10.1. The lowest BCUT2D eigenvalue weighted by Gasteiger charge is -2.22. The summed E-state index contributed by atoms with van der Waals surface area (Å²) in [5.74, 6) is -0.669. The monoisotopic (exact) mass is 286 g/mol. The molecule has 7 nitrogen and oxygen atoms in total. The molecule has 1 amide bonds. The van der Waals surface area contributed by atoms with E-state index >= 15 is 0 Å². The van der Waals surface area contributed by atoms with Crippen LogP contribution in [0.4, 0.5) is 4.79 Å². The summed E-state index contributed by atoms with van der Waals surface area (Å²) in [6.45, 7) is 2.68. The van der Waals surface area contributed by atoms with Crippen molar-refractivity contribution < 1.29 is 23.2 Å². The first-order valence-corrected chi connectivity index (χ1v) is 6.04. The molecule has 1 atom stereocenters. The molecule has 0 fully saturated rings. The zero-order chi connectivity index (χ0) is 17.8. The smallest absolute Gasteiger partial charge is 0.408 e. The first kappa shape index (κ1) is 11.7. The molecular formula is C13H21N3O4. The molecule has 1 aromatic rings. The summed E-state index contributed by atoms with van der Waals surface area (Å²) < 4.78 is 32.3. The fraction of sp³-hybridized carbons (Fsp3) is 0.615. The van der Waals surface area contributed by atoms with Crippen LogP contribution in [0.5, 0.6) is 0 Å². The zero-order valence-corrected chi connectivity index (χ0v) is 12.0. The van der Waals surface area contributed by atoms with Crippen LogP contribution in [0.3, 0.4) is 0 Å². The molecule has 0 saturated heterocycles. The number of carbonyl (C=O) groups excluding carboxylic acids is 2. The van der Waals surface area contributed by atoms with E-state index in [1.165, 1.54) is 19.5 Å². The second-order valence-corrected chi connectivity index (χ2v) is 5.22. The van der Waals surface area contributed by atoms with Crippen LogP contribution in [0.1, 0.15) is 30.4 Å². The van der Waals surface area contributed by atoms with Crippen LogP contribution in [0, 0.1) is 0 Å². The third-order valence-electron chi connectivity index (χ3n) is 2.25. The van der Waals surface area contributed by atoms with Crippen molar-refractivity contribution in [1.29, 1.82) is 0 Å². The fourth-order valence-corrected chi connectivity index (χ4v) is 1.49. The molecular weight excluding hydrogens is 262 g/mol. The molecule has 20 heavy (non-hydrogen) atoms. The number of amides is 1. The number of alkyl carbamates (subject to hydrolysis) is 1. The van der Waals surface area contributed by atoms with Crippen LogP contribution >= 0.6 is 0 Å². The standard InChI is InChI=1S/C13H21N3O4/c1-13(2,3)20-12(18)15-10(11(17)19-5)6-9-7-14-16(4)8-9/h7-8,10H,6H2,1-5H3,(H,15,18)/i4D3. The highest BCUT2D eigenvalue weighted by Gasteiger charge is 2.25. The number of hydrogen-bond acceptors (Lipinski definition) is 5. The van der Waals surface area contributed by atoms with Crippen molar-refractivity contribution in [2.24, 2.45) is 6.98 Å². The molecule has 0 spiro atoms. The van der Waals surface area contributed by atoms with Gasteiger partial charge in [-0.3, -0.25) is 4.68 Å². The van der Waals surface area contributed by atoms with Gasteiger partial charge in [0, 0.05) is 23.7 Å². The number of ether oxygens (including phenoxy) is 2. The molecule has 1 unspecified atom stereocenters. The van der Waals surface area contributed by atoms with E-state index < -0.39 is 30.7 Å². The summed E-state index contributed by atoms with van der Waals surface area (Å²) in [7, 11) is 1.19. The summed E-state index contributed by atoms with van der Waals surface area (Å²) >= 11 is 0. The van der Waals surface area contributed by atoms with Crippen LogP contribution in [0.2, 0.25) is 0 Å². The second kappa shape index (κ2) is 6.40. The Morgan fingerprint density at radius 2 is 2.25 bits per heavy atom. The Hall–Kier alpha value is -2.05. The third kappa shape index (κ3) is 5.29. The number of nitrogens with zero attached hydrogens (tertiary/aromatic N) is 2. The van der Waals surface area contributed by atoms with Crippen molar-refractivity contribution in [3.05, 3.63) is 18.0 Å². The van der Waals surface area contributed by atoms with Gasteiger partial charge in [0.15, 0.2) is 0 Å². The Kier molecular flexibility index (Phi) is 3.76. The van der Waals surface area contributed by atoms with Crippen molar-refractivity contribution in [1.82, 2.24) is 15.1 Å². The van der Waals surface area contributed by atoms with E-state index in [0.29, 0.717) is 5.56 Å². The largest absolute Gasteiger partial charge is 0.467 e. The van der Waals surface area contributed by atoms with Gasteiger partial charge in [-0.05, 0) is 26.3 Å². The number of hydrogen-bond donors (Lipinski definition) is 1. The molecule has 0 bridgehead atoms. The highest BCUT2D eigenvalue weighted by Crippen LogP contribution is 2.08. The molecule has 1 aromatic heterocycles. The molecule has 1 N–H and O–H groups in total. The van der Waals surface area contributed by atoms with Crippen molar-refractivity contribution in [2.75, 3.05) is 7.11 Å². The first-order chi connectivity index (χ1) is 10.4. The average molecular weight is 286 g/mol. The molecule has 112 valence electrons. The number of aryl methyl sites for hydroxylation is 1. The van der Waals surface area contributed by atoms with Crippen LogP contribution in [0.25, 0.3) is 0 Å². The zero-order valence-electron chi connectivity index (χ0n) is 15.0. The molecule has 0 aliphatic rings. The Morgan fingerprint density at radius 3 is 2.75 bits per heavy atom. The molecule has 0 aliphatic heterocycles. The van der Waals surface area contributed by atoms with Crippen molar-refractivity contribution in [3.8, 4) is 0 Å². The van der Waals surface area contributed by atoms with Gasteiger partial charge in [-0.1, -0.05) is 0 Å². The molecule has 0 radical (unpaired) electrons. The van der Waals surface area contributed by atoms with Gasteiger partial charge in [0.25, 0.3) is 0 Å². The van der Waals surface area contributed by atoms with E-state index in [4.69, 9.17) is 8.85 Å². The van der Waals surface area contributed by atoms with Gasteiger partial charge in [-0.15, -0.1) is 0 Å². The summed E-state index contributed by atoms with van der Waals surface area (Å²) in [4.78, 5) is 23.6.